The van der Waals surface area contributed by atoms with Gasteiger partial charge >= 0.3 is 0 Å². The molecule has 7 nitrogen and oxygen atoms in total. The molecule has 1 amide bonds. The van der Waals surface area contributed by atoms with E-state index in [-0.39, 0.29) is 5.91 Å². The van der Waals surface area contributed by atoms with E-state index < -0.39 is 0 Å². The van der Waals surface area contributed by atoms with E-state index in [0.29, 0.717) is 35.7 Å². The summed E-state index contributed by atoms with van der Waals surface area (Å²) in [4.78, 5) is 16.4. The molecule has 0 unspecified atom stereocenters. The van der Waals surface area contributed by atoms with Gasteiger partial charge in [0.15, 0.2) is 0 Å². The van der Waals surface area contributed by atoms with Crippen LogP contribution in [0.2, 0.25) is 0 Å². The number of amides is 1. The van der Waals surface area contributed by atoms with Gasteiger partial charge in [0.1, 0.15) is 18.1 Å². The second-order valence-corrected chi connectivity index (χ2v) is 5.46. The molecule has 3 rings (SSSR count). The monoisotopic (exact) mass is 337 g/mol. The Labute approximate surface area is 145 Å². The van der Waals surface area contributed by atoms with Crippen LogP contribution < -0.4 is 10.1 Å². The number of hydrogen-bond donors (Lipinski definition) is 1. The summed E-state index contributed by atoms with van der Waals surface area (Å²) < 4.78 is 7.52. The van der Waals surface area contributed by atoms with Gasteiger partial charge < -0.3 is 10.1 Å². The van der Waals surface area contributed by atoms with Crippen LogP contribution in [0, 0.1) is 0 Å². The van der Waals surface area contributed by atoms with Crippen LogP contribution in [0.5, 0.6) is 5.75 Å². The highest BCUT2D eigenvalue weighted by Gasteiger charge is 2.14. The molecule has 0 bridgehead atoms. The van der Waals surface area contributed by atoms with Crippen molar-refractivity contribution in [3.05, 3.63) is 60.0 Å². The number of pyridine rings is 1. The molecule has 0 atom stereocenters. The summed E-state index contributed by atoms with van der Waals surface area (Å²) in [6.07, 6.45) is 3.50. The molecule has 0 spiro atoms. The molecular formula is C18H19N5O2. The zero-order valence-electron chi connectivity index (χ0n) is 14.1. The lowest BCUT2D eigenvalue weighted by atomic mass is 10.1. The van der Waals surface area contributed by atoms with Gasteiger partial charge in [-0.25, -0.2) is 0 Å². The lowest BCUT2D eigenvalue weighted by Gasteiger charge is -2.11. The van der Waals surface area contributed by atoms with Crippen molar-refractivity contribution in [1.29, 1.82) is 0 Å². The average molecular weight is 337 g/mol. The highest BCUT2D eigenvalue weighted by molar-refractivity contribution is 5.95. The summed E-state index contributed by atoms with van der Waals surface area (Å²) >= 11 is 0. The van der Waals surface area contributed by atoms with Crippen LogP contribution in [-0.2, 0) is 13.7 Å². The number of ether oxygens (including phenoxy) is 1. The molecule has 1 N–H and O–H groups in total. The van der Waals surface area contributed by atoms with Gasteiger partial charge in [0, 0.05) is 30.9 Å². The number of carbonyl (C=O) groups excluding carboxylic acids is 1. The van der Waals surface area contributed by atoms with E-state index in [0.717, 1.165) is 5.69 Å². The minimum Gasteiger partial charge on any atom is -0.487 e. The summed E-state index contributed by atoms with van der Waals surface area (Å²) in [5.41, 5.74) is 2.73. The van der Waals surface area contributed by atoms with Crippen molar-refractivity contribution in [2.24, 2.45) is 7.05 Å². The minimum atomic E-state index is -0.135. The number of aryl methyl sites for hydroxylation is 1. The molecule has 1 aromatic carbocycles. The van der Waals surface area contributed by atoms with Gasteiger partial charge in [0.25, 0.3) is 5.91 Å². The van der Waals surface area contributed by atoms with E-state index >= 15 is 0 Å². The fraction of sp³-hybridized carbons (Fsp3) is 0.222. The first-order chi connectivity index (χ1) is 12.2. The summed E-state index contributed by atoms with van der Waals surface area (Å²) in [5.74, 6) is 0.489. The molecule has 3 aromatic rings. The van der Waals surface area contributed by atoms with Crippen molar-refractivity contribution in [2.45, 2.75) is 13.5 Å². The minimum absolute atomic E-state index is 0.135. The summed E-state index contributed by atoms with van der Waals surface area (Å²) in [7, 11) is 1.79. The van der Waals surface area contributed by atoms with Crippen LogP contribution in [0.15, 0.2) is 48.8 Å². The summed E-state index contributed by atoms with van der Waals surface area (Å²) in [5, 5.41) is 10.9. The zero-order valence-corrected chi connectivity index (χ0v) is 14.1. The van der Waals surface area contributed by atoms with Crippen LogP contribution in [0.4, 0.5) is 0 Å². The fourth-order valence-corrected chi connectivity index (χ4v) is 2.37. The zero-order chi connectivity index (χ0) is 17.6. The van der Waals surface area contributed by atoms with E-state index in [9.17, 15) is 4.79 Å². The van der Waals surface area contributed by atoms with Crippen molar-refractivity contribution in [3.63, 3.8) is 0 Å². The van der Waals surface area contributed by atoms with Crippen LogP contribution in [-0.4, -0.2) is 32.4 Å². The predicted octanol–water partition coefficient (Wildman–Crippen LogP) is 2.21. The van der Waals surface area contributed by atoms with Crippen LogP contribution in [0.3, 0.4) is 0 Å². The molecule has 0 radical (unpaired) electrons. The third-order valence-electron chi connectivity index (χ3n) is 3.56. The van der Waals surface area contributed by atoms with Crippen molar-refractivity contribution in [1.82, 2.24) is 25.3 Å². The van der Waals surface area contributed by atoms with Gasteiger partial charge in [0.05, 0.1) is 11.9 Å². The number of rotatable bonds is 6. The number of carbonyl (C=O) groups is 1. The molecule has 0 fully saturated rings. The lowest BCUT2D eigenvalue weighted by Crippen LogP contribution is -2.22. The maximum Gasteiger partial charge on any atom is 0.251 e. The molecule has 0 aliphatic rings. The second kappa shape index (κ2) is 7.57. The Morgan fingerprint density at radius 1 is 1.28 bits per heavy atom. The van der Waals surface area contributed by atoms with E-state index in [2.05, 4.69) is 20.6 Å². The number of hydrogen-bond acceptors (Lipinski definition) is 5. The van der Waals surface area contributed by atoms with E-state index in [1.807, 2.05) is 25.1 Å². The fourth-order valence-electron chi connectivity index (χ4n) is 2.37. The molecule has 2 heterocycles. The van der Waals surface area contributed by atoms with Gasteiger partial charge in [-0.05, 0) is 37.3 Å². The Morgan fingerprint density at radius 2 is 2.16 bits per heavy atom. The van der Waals surface area contributed by atoms with Crippen molar-refractivity contribution in [3.8, 4) is 17.0 Å². The van der Waals surface area contributed by atoms with Crippen molar-refractivity contribution >= 4 is 5.91 Å². The van der Waals surface area contributed by atoms with E-state index in [4.69, 9.17) is 4.74 Å². The van der Waals surface area contributed by atoms with Crippen LogP contribution in [0.1, 0.15) is 23.0 Å². The number of benzene rings is 1. The lowest BCUT2D eigenvalue weighted by molar-refractivity contribution is 0.0956. The van der Waals surface area contributed by atoms with Crippen LogP contribution >= 0.6 is 0 Å². The molecule has 2 aromatic heterocycles. The molecule has 0 saturated carbocycles. The molecule has 0 aliphatic heterocycles. The smallest absolute Gasteiger partial charge is 0.251 e. The normalized spacial score (nSPS) is 10.5. The van der Waals surface area contributed by atoms with Crippen molar-refractivity contribution in [2.75, 3.05) is 6.54 Å². The topological polar surface area (TPSA) is 81.9 Å². The standard InChI is InChI=1S/C18H19N5O2/c1-3-19-18(24)13-7-8-17(25-12-14-6-4-5-9-20-14)15(10-13)16-11-23(2)22-21-16/h4-11H,3,12H2,1-2H3,(H,19,24). The molecule has 7 heteroatoms. The quantitative estimate of drug-likeness (QED) is 0.746. The van der Waals surface area contributed by atoms with Crippen LogP contribution in [0.25, 0.3) is 11.3 Å². The first kappa shape index (κ1) is 16.6. The molecular weight excluding hydrogens is 318 g/mol. The molecule has 128 valence electrons. The van der Waals surface area contributed by atoms with E-state index in [1.54, 1.807) is 42.3 Å². The van der Waals surface area contributed by atoms with Gasteiger partial charge in [0.2, 0.25) is 0 Å². The Kier molecular flexibility index (Phi) is 5.03. The number of nitrogens with zero attached hydrogens (tertiary/aromatic N) is 4. The predicted molar refractivity (Wildman–Crippen MR) is 93.0 cm³/mol. The van der Waals surface area contributed by atoms with E-state index in [1.165, 1.54) is 0 Å². The summed E-state index contributed by atoms with van der Waals surface area (Å²) in [6, 6.07) is 10.9. The maximum absolute atomic E-state index is 12.1. The number of nitrogens with one attached hydrogen (secondary N) is 1. The molecule has 0 saturated heterocycles. The van der Waals surface area contributed by atoms with Crippen molar-refractivity contribution < 1.29 is 9.53 Å². The number of aromatic nitrogens is 4. The van der Waals surface area contributed by atoms with Gasteiger partial charge in [-0.1, -0.05) is 11.3 Å². The Balaban J connectivity index is 1.91. The highest BCUT2D eigenvalue weighted by Crippen LogP contribution is 2.30. The Bertz CT molecular complexity index is 861. The molecule has 0 aliphatic carbocycles. The molecule has 25 heavy (non-hydrogen) atoms. The summed E-state index contributed by atoms with van der Waals surface area (Å²) in [6.45, 7) is 2.78. The van der Waals surface area contributed by atoms with Gasteiger partial charge in [-0.15, -0.1) is 5.10 Å². The Hall–Kier alpha value is -3.22. The first-order valence-corrected chi connectivity index (χ1v) is 7.99. The van der Waals surface area contributed by atoms with Gasteiger partial charge in [-0.2, -0.15) is 0 Å². The Morgan fingerprint density at radius 3 is 2.84 bits per heavy atom. The van der Waals surface area contributed by atoms with Gasteiger partial charge in [-0.3, -0.25) is 14.5 Å². The third kappa shape index (κ3) is 4.00. The average Bonchev–Trinajstić information content (AvgIpc) is 3.07. The maximum atomic E-state index is 12.1. The largest absolute Gasteiger partial charge is 0.487 e. The SMILES string of the molecule is CCNC(=O)c1ccc(OCc2ccccn2)c(-c2cn(C)nn2)c1. The first-order valence-electron chi connectivity index (χ1n) is 7.99. The third-order valence-corrected chi connectivity index (χ3v) is 3.56. The highest BCUT2D eigenvalue weighted by atomic mass is 16.5. The second-order valence-electron chi connectivity index (χ2n) is 5.46.